The molecule has 0 aliphatic heterocycles. The molecule has 0 saturated heterocycles. The van der Waals surface area contributed by atoms with Gasteiger partial charge in [-0.25, -0.2) is 9.67 Å². The van der Waals surface area contributed by atoms with Crippen molar-refractivity contribution >= 4 is 6.29 Å². The van der Waals surface area contributed by atoms with Gasteiger partial charge in [0.25, 0.3) is 0 Å². The summed E-state index contributed by atoms with van der Waals surface area (Å²) >= 11 is 0. The van der Waals surface area contributed by atoms with Gasteiger partial charge in [0.1, 0.15) is 17.1 Å². The van der Waals surface area contributed by atoms with E-state index in [1.807, 2.05) is 0 Å². The fraction of sp³-hybridized carbons (Fsp3) is 0.429. The number of carbonyl (C=O) groups is 1. The minimum atomic E-state index is -0.381. The molecule has 1 fully saturated rings. The molecule has 2 aromatic rings. The van der Waals surface area contributed by atoms with E-state index < -0.39 is 0 Å². The normalized spacial score (nSPS) is 21.4. The SMILES string of the molecule is COc1ccc(-c2cn([C@@H]3CCC[C@H]3O)nn2)nc1C=O. The van der Waals surface area contributed by atoms with E-state index in [2.05, 4.69) is 15.3 Å². The van der Waals surface area contributed by atoms with Crippen molar-refractivity contribution in [2.75, 3.05) is 7.11 Å². The molecule has 2 heterocycles. The summed E-state index contributed by atoms with van der Waals surface area (Å²) < 4.78 is 6.74. The minimum absolute atomic E-state index is 0.0324. The van der Waals surface area contributed by atoms with Gasteiger partial charge in [-0.15, -0.1) is 5.10 Å². The van der Waals surface area contributed by atoms with Crippen LogP contribution in [0.2, 0.25) is 0 Å². The minimum Gasteiger partial charge on any atom is -0.494 e. The predicted molar refractivity (Wildman–Crippen MR) is 74.1 cm³/mol. The van der Waals surface area contributed by atoms with E-state index in [0.29, 0.717) is 23.4 Å². The van der Waals surface area contributed by atoms with Gasteiger partial charge in [0.2, 0.25) is 0 Å². The molecule has 0 bridgehead atoms. The van der Waals surface area contributed by atoms with Crippen LogP contribution in [0.15, 0.2) is 18.3 Å². The molecule has 0 unspecified atom stereocenters. The van der Waals surface area contributed by atoms with E-state index in [4.69, 9.17) is 4.74 Å². The molecule has 3 rings (SSSR count). The average Bonchev–Trinajstić information content (AvgIpc) is 3.15. The van der Waals surface area contributed by atoms with Gasteiger partial charge in [-0.3, -0.25) is 4.79 Å². The number of aliphatic hydroxyl groups excluding tert-OH is 1. The van der Waals surface area contributed by atoms with Crippen molar-refractivity contribution in [1.29, 1.82) is 0 Å². The van der Waals surface area contributed by atoms with Crippen LogP contribution in [-0.4, -0.2) is 44.6 Å². The monoisotopic (exact) mass is 288 g/mol. The largest absolute Gasteiger partial charge is 0.494 e. The Morgan fingerprint density at radius 1 is 1.38 bits per heavy atom. The molecule has 110 valence electrons. The number of ether oxygens (including phenoxy) is 1. The second-order valence-corrected chi connectivity index (χ2v) is 5.05. The Hall–Kier alpha value is -2.28. The zero-order valence-electron chi connectivity index (χ0n) is 11.6. The van der Waals surface area contributed by atoms with Crippen molar-refractivity contribution in [2.24, 2.45) is 0 Å². The van der Waals surface area contributed by atoms with E-state index >= 15 is 0 Å². The lowest BCUT2D eigenvalue weighted by Gasteiger charge is -2.13. The molecule has 0 amide bonds. The summed E-state index contributed by atoms with van der Waals surface area (Å²) in [5, 5.41) is 18.1. The first-order chi connectivity index (χ1) is 10.2. The summed E-state index contributed by atoms with van der Waals surface area (Å²) in [4.78, 5) is 15.2. The summed E-state index contributed by atoms with van der Waals surface area (Å²) in [5.74, 6) is 0.423. The van der Waals surface area contributed by atoms with E-state index in [0.717, 1.165) is 19.3 Å². The first-order valence-corrected chi connectivity index (χ1v) is 6.83. The Kier molecular flexibility index (Phi) is 3.66. The Morgan fingerprint density at radius 3 is 2.90 bits per heavy atom. The first-order valence-electron chi connectivity index (χ1n) is 6.83. The van der Waals surface area contributed by atoms with Crippen LogP contribution < -0.4 is 4.74 Å². The number of hydrogen-bond donors (Lipinski definition) is 1. The van der Waals surface area contributed by atoms with Crippen molar-refractivity contribution in [3.63, 3.8) is 0 Å². The number of rotatable bonds is 4. The lowest BCUT2D eigenvalue weighted by atomic mass is 10.2. The summed E-state index contributed by atoms with van der Waals surface area (Å²) in [6.07, 6.45) is 4.68. The van der Waals surface area contributed by atoms with Crippen molar-refractivity contribution in [2.45, 2.75) is 31.4 Å². The maximum Gasteiger partial charge on any atom is 0.172 e. The fourth-order valence-corrected chi connectivity index (χ4v) is 2.65. The Labute approximate surface area is 121 Å². The van der Waals surface area contributed by atoms with E-state index in [9.17, 15) is 9.90 Å². The number of hydrogen-bond acceptors (Lipinski definition) is 6. The fourth-order valence-electron chi connectivity index (χ4n) is 2.65. The van der Waals surface area contributed by atoms with Crippen LogP contribution in [0.5, 0.6) is 5.75 Å². The van der Waals surface area contributed by atoms with Crippen LogP contribution in [0, 0.1) is 0 Å². The lowest BCUT2D eigenvalue weighted by molar-refractivity contribution is 0.111. The lowest BCUT2D eigenvalue weighted by Crippen LogP contribution is -2.18. The molecule has 1 aliphatic carbocycles. The third-order valence-electron chi connectivity index (χ3n) is 3.77. The van der Waals surface area contributed by atoms with Gasteiger partial charge in [-0.05, 0) is 31.4 Å². The maximum absolute atomic E-state index is 11.0. The van der Waals surface area contributed by atoms with Crippen LogP contribution >= 0.6 is 0 Å². The van der Waals surface area contributed by atoms with Crippen LogP contribution in [0.4, 0.5) is 0 Å². The highest BCUT2D eigenvalue weighted by Gasteiger charge is 2.28. The third kappa shape index (κ3) is 2.52. The van der Waals surface area contributed by atoms with Gasteiger partial charge in [-0.2, -0.15) is 0 Å². The van der Waals surface area contributed by atoms with Crippen LogP contribution in [0.1, 0.15) is 35.8 Å². The third-order valence-corrected chi connectivity index (χ3v) is 3.77. The van der Waals surface area contributed by atoms with Gasteiger partial charge in [0.05, 0.1) is 31.1 Å². The van der Waals surface area contributed by atoms with Crippen molar-refractivity contribution < 1.29 is 14.6 Å². The molecular weight excluding hydrogens is 272 g/mol. The van der Waals surface area contributed by atoms with Gasteiger partial charge in [-0.1, -0.05) is 5.21 Å². The molecular formula is C14H16N4O3. The second kappa shape index (κ2) is 5.61. The predicted octanol–water partition coefficient (Wildman–Crippen LogP) is 1.25. The topological polar surface area (TPSA) is 90.1 Å². The molecule has 2 atom stereocenters. The second-order valence-electron chi connectivity index (χ2n) is 5.05. The molecule has 7 heteroatoms. The van der Waals surface area contributed by atoms with Crippen molar-refractivity contribution in [3.05, 3.63) is 24.0 Å². The molecule has 0 spiro atoms. The summed E-state index contributed by atoms with van der Waals surface area (Å²) in [7, 11) is 1.49. The summed E-state index contributed by atoms with van der Waals surface area (Å²) in [6.45, 7) is 0. The number of aromatic nitrogens is 4. The van der Waals surface area contributed by atoms with E-state index in [-0.39, 0.29) is 17.8 Å². The molecule has 1 N–H and O–H groups in total. The number of carbonyl (C=O) groups excluding carboxylic acids is 1. The number of methoxy groups -OCH3 is 1. The van der Waals surface area contributed by atoms with Crippen LogP contribution in [0.3, 0.4) is 0 Å². The quantitative estimate of drug-likeness (QED) is 0.851. The maximum atomic E-state index is 11.0. The molecule has 21 heavy (non-hydrogen) atoms. The van der Waals surface area contributed by atoms with E-state index in [1.54, 1.807) is 23.0 Å². The molecule has 1 aliphatic rings. The number of pyridine rings is 1. The van der Waals surface area contributed by atoms with Gasteiger partial charge in [0.15, 0.2) is 6.29 Å². The Bertz CT molecular complexity index is 655. The van der Waals surface area contributed by atoms with Crippen molar-refractivity contribution in [3.8, 4) is 17.1 Å². The molecule has 2 aromatic heterocycles. The Balaban J connectivity index is 1.91. The highest BCUT2D eigenvalue weighted by atomic mass is 16.5. The first kappa shape index (κ1) is 13.7. The van der Waals surface area contributed by atoms with Crippen LogP contribution in [0.25, 0.3) is 11.4 Å². The standard InChI is InChI=1S/C14H16N4O3/c1-21-14-6-5-9(15-11(14)8-19)10-7-18(17-16-10)12-3-2-4-13(12)20/h5-8,12-13,20H,2-4H2,1H3/t12-,13-/m1/s1. The zero-order chi connectivity index (χ0) is 14.8. The molecule has 0 radical (unpaired) electrons. The van der Waals surface area contributed by atoms with Gasteiger partial charge < -0.3 is 9.84 Å². The number of aldehydes is 1. The highest BCUT2D eigenvalue weighted by molar-refractivity contribution is 5.77. The zero-order valence-corrected chi connectivity index (χ0v) is 11.6. The average molecular weight is 288 g/mol. The molecule has 7 nitrogen and oxygen atoms in total. The highest BCUT2D eigenvalue weighted by Crippen LogP contribution is 2.30. The van der Waals surface area contributed by atoms with Gasteiger partial charge >= 0.3 is 0 Å². The smallest absolute Gasteiger partial charge is 0.172 e. The summed E-state index contributed by atoms with van der Waals surface area (Å²) in [5.41, 5.74) is 1.35. The molecule has 0 aromatic carbocycles. The number of nitrogens with zero attached hydrogens (tertiary/aromatic N) is 4. The van der Waals surface area contributed by atoms with Gasteiger partial charge in [0, 0.05) is 0 Å². The van der Waals surface area contributed by atoms with E-state index in [1.165, 1.54) is 7.11 Å². The summed E-state index contributed by atoms with van der Waals surface area (Å²) in [6, 6.07) is 3.37. The van der Waals surface area contributed by atoms with Crippen LogP contribution in [-0.2, 0) is 0 Å². The molecule has 1 saturated carbocycles. The van der Waals surface area contributed by atoms with Crippen molar-refractivity contribution in [1.82, 2.24) is 20.0 Å². The Morgan fingerprint density at radius 2 is 2.24 bits per heavy atom. The number of aliphatic hydroxyl groups is 1.